The fourth-order valence-corrected chi connectivity index (χ4v) is 8.16. The quantitative estimate of drug-likeness (QED) is 0.0754. The Balaban J connectivity index is 1.98. The minimum Gasteiger partial charge on any atom is -0.0622 e. The Bertz CT molecular complexity index is 704. The van der Waals surface area contributed by atoms with E-state index in [0.717, 1.165) is 38.5 Å². The van der Waals surface area contributed by atoms with Crippen molar-refractivity contribution in [2.45, 2.75) is 175 Å². The van der Waals surface area contributed by atoms with Gasteiger partial charge < -0.3 is 0 Å². The standard InChI is InChI=1S/C36H69O3P/c1-5-6-7-8-9-10-12-15-18-21-27-32-40(37,38,39)33-28-22-19-16-13-11-14-17-20-26-31-35(36(2,3)4)34-29-24-23-25-30-34/h23-25,29-30,35,37-39H,5-22,26-28,31-33H2,1-4H3. The van der Waals surface area contributed by atoms with Crippen LogP contribution in [0.2, 0.25) is 0 Å². The van der Waals surface area contributed by atoms with Crippen molar-refractivity contribution in [1.82, 2.24) is 0 Å². The first-order valence-electron chi connectivity index (χ1n) is 17.3. The van der Waals surface area contributed by atoms with Gasteiger partial charge in [0, 0.05) is 0 Å². The number of benzene rings is 1. The molecule has 4 heteroatoms. The summed E-state index contributed by atoms with van der Waals surface area (Å²) in [5.74, 6) is 0.630. The summed E-state index contributed by atoms with van der Waals surface area (Å²) in [5.41, 5.74) is 1.79. The number of rotatable bonds is 26. The first kappa shape index (κ1) is 37.6. The minimum absolute atomic E-state index is 0.196. The first-order valence-corrected chi connectivity index (χ1v) is 19.8. The van der Waals surface area contributed by atoms with Gasteiger partial charge in [0.2, 0.25) is 0 Å². The van der Waals surface area contributed by atoms with Crippen molar-refractivity contribution >= 4 is 7.28 Å². The van der Waals surface area contributed by atoms with E-state index in [2.05, 4.69) is 58.0 Å². The molecule has 3 N–H and O–H groups in total. The molecule has 40 heavy (non-hydrogen) atoms. The van der Waals surface area contributed by atoms with Crippen LogP contribution in [0.3, 0.4) is 0 Å². The summed E-state index contributed by atoms with van der Waals surface area (Å²) in [5, 5.41) is 0. The van der Waals surface area contributed by atoms with Gasteiger partial charge >= 0.3 is 176 Å². The van der Waals surface area contributed by atoms with Crippen LogP contribution >= 0.6 is 7.28 Å². The Morgan fingerprint density at radius 2 is 0.875 bits per heavy atom. The van der Waals surface area contributed by atoms with Crippen LogP contribution in [0, 0.1) is 5.41 Å². The topological polar surface area (TPSA) is 60.7 Å². The summed E-state index contributed by atoms with van der Waals surface area (Å²) in [6, 6.07) is 11.0. The fraction of sp³-hybridized carbons (Fsp3) is 0.833. The van der Waals surface area contributed by atoms with Gasteiger partial charge in [-0.1, -0.05) is 58.0 Å². The molecule has 1 aromatic carbocycles. The Hall–Kier alpha value is -0.470. The van der Waals surface area contributed by atoms with E-state index in [0.29, 0.717) is 11.3 Å². The Morgan fingerprint density at radius 3 is 1.25 bits per heavy atom. The van der Waals surface area contributed by atoms with Gasteiger partial charge in [0.15, 0.2) is 0 Å². The molecule has 0 bridgehead atoms. The van der Waals surface area contributed by atoms with Crippen molar-refractivity contribution in [3.63, 3.8) is 0 Å². The molecule has 3 nitrogen and oxygen atoms in total. The summed E-state index contributed by atoms with van der Waals surface area (Å²) in [4.78, 5) is 31.4. The van der Waals surface area contributed by atoms with Gasteiger partial charge in [0.05, 0.1) is 0 Å². The van der Waals surface area contributed by atoms with E-state index in [4.69, 9.17) is 0 Å². The Morgan fingerprint density at radius 1 is 0.525 bits per heavy atom. The third-order valence-corrected chi connectivity index (χ3v) is 11.3. The SMILES string of the molecule is CCCCCCCCCCCCCP(O)(O)(O)CCCCCCCCCCCCC(c1ccccc1)C(C)(C)C. The fourth-order valence-electron chi connectivity index (χ4n) is 6.20. The van der Waals surface area contributed by atoms with E-state index >= 15 is 0 Å². The molecular formula is C36H69O3P. The van der Waals surface area contributed by atoms with Crippen LogP contribution in [0.5, 0.6) is 0 Å². The Labute approximate surface area is 250 Å². The van der Waals surface area contributed by atoms with E-state index in [1.165, 1.54) is 108 Å². The van der Waals surface area contributed by atoms with Gasteiger partial charge in [-0.15, -0.1) is 0 Å². The monoisotopic (exact) mass is 580 g/mol. The van der Waals surface area contributed by atoms with E-state index in [-0.39, 0.29) is 12.3 Å². The van der Waals surface area contributed by atoms with Crippen molar-refractivity contribution in [2.75, 3.05) is 12.3 Å². The molecule has 0 amide bonds. The van der Waals surface area contributed by atoms with E-state index < -0.39 is 7.28 Å². The van der Waals surface area contributed by atoms with Crippen molar-refractivity contribution in [3.05, 3.63) is 35.9 Å². The van der Waals surface area contributed by atoms with E-state index in [1.54, 1.807) is 0 Å². The second kappa shape index (κ2) is 21.3. The van der Waals surface area contributed by atoms with Gasteiger partial charge in [-0.25, -0.2) is 0 Å². The van der Waals surface area contributed by atoms with Crippen LogP contribution in [0.1, 0.15) is 180 Å². The van der Waals surface area contributed by atoms with Gasteiger partial charge in [-0.2, -0.15) is 0 Å². The molecule has 1 rings (SSSR count). The average molecular weight is 581 g/mol. The Kier molecular flexibility index (Phi) is 20.0. The van der Waals surface area contributed by atoms with Crippen LogP contribution in [0.15, 0.2) is 30.3 Å². The van der Waals surface area contributed by atoms with Crippen LogP contribution < -0.4 is 0 Å². The zero-order valence-electron chi connectivity index (χ0n) is 27.2. The molecule has 0 fully saturated rings. The molecule has 0 saturated carbocycles. The minimum atomic E-state index is -4.41. The molecule has 0 aromatic heterocycles. The predicted molar refractivity (Wildman–Crippen MR) is 179 cm³/mol. The van der Waals surface area contributed by atoms with Crippen LogP contribution in [0.25, 0.3) is 0 Å². The average Bonchev–Trinajstić information content (AvgIpc) is 2.89. The number of hydrogen-bond donors (Lipinski definition) is 3. The maximum atomic E-state index is 10.5. The zero-order valence-corrected chi connectivity index (χ0v) is 28.1. The molecule has 0 aliphatic rings. The van der Waals surface area contributed by atoms with Gasteiger partial charge in [0.25, 0.3) is 0 Å². The number of hydrogen-bond acceptors (Lipinski definition) is 3. The van der Waals surface area contributed by atoms with Gasteiger partial charge in [-0.3, -0.25) is 0 Å². The summed E-state index contributed by atoms with van der Waals surface area (Å²) in [7, 11) is -4.41. The van der Waals surface area contributed by atoms with Crippen LogP contribution in [-0.4, -0.2) is 27.0 Å². The van der Waals surface area contributed by atoms with E-state index in [9.17, 15) is 14.7 Å². The molecule has 0 heterocycles. The molecule has 0 radical (unpaired) electrons. The molecular weight excluding hydrogens is 511 g/mol. The van der Waals surface area contributed by atoms with E-state index in [1.807, 2.05) is 0 Å². The second-order valence-electron chi connectivity index (χ2n) is 14.0. The van der Waals surface area contributed by atoms with Crippen molar-refractivity contribution in [3.8, 4) is 0 Å². The van der Waals surface area contributed by atoms with Gasteiger partial charge in [-0.05, 0) is 16.9 Å². The normalized spacial score (nSPS) is 14.2. The molecule has 1 unspecified atom stereocenters. The molecule has 0 saturated heterocycles. The molecule has 1 atom stereocenters. The second-order valence-corrected chi connectivity index (χ2v) is 17.6. The van der Waals surface area contributed by atoms with Crippen molar-refractivity contribution in [1.29, 1.82) is 0 Å². The summed E-state index contributed by atoms with van der Waals surface area (Å²) < 4.78 is 0. The van der Waals surface area contributed by atoms with Crippen molar-refractivity contribution < 1.29 is 14.7 Å². The summed E-state index contributed by atoms with van der Waals surface area (Å²) in [6.45, 7) is 9.36. The van der Waals surface area contributed by atoms with Gasteiger partial charge in [0.1, 0.15) is 0 Å². The number of unbranched alkanes of at least 4 members (excludes halogenated alkanes) is 19. The maximum absolute atomic E-state index is 10.5. The molecule has 0 spiro atoms. The van der Waals surface area contributed by atoms with Crippen LogP contribution in [0.4, 0.5) is 0 Å². The first-order chi connectivity index (χ1) is 19.0. The van der Waals surface area contributed by atoms with Crippen molar-refractivity contribution in [2.24, 2.45) is 5.41 Å². The summed E-state index contributed by atoms with van der Waals surface area (Å²) in [6.07, 6.45) is 27.1. The molecule has 0 aliphatic heterocycles. The zero-order chi connectivity index (χ0) is 29.6. The smallest absolute Gasteiger partial charge is 0.0622 e. The molecule has 1 aromatic rings. The third kappa shape index (κ3) is 20.4. The predicted octanol–water partition coefficient (Wildman–Crippen LogP) is 11.7. The summed E-state index contributed by atoms with van der Waals surface area (Å²) >= 11 is 0. The molecule has 236 valence electrons. The molecule has 0 aliphatic carbocycles. The third-order valence-electron chi connectivity index (χ3n) is 8.83. The van der Waals surface area contributed by atoms with Crippen LogP contribution in [-0.2, 0) is 0 Å².